The molecule has 100 valence electrons. The van der Waals surface area contributed by atoms with Gasteiger partial charge in [0.1, 0.15) is 5.03 Å². The van der Waals surface area contributed by atoms with E-state index in [0.29, 0.717) is 15.9 Å². The Morgan fingerprint density at radius 1 is 1.20 bits per heavy atom. The summed E-state index contributed by atoms with van der Waals surface area (Å²) in [6.07, 6.45) is 0. The van der Waals surface area contributed by atoms with E-state index in [0.717, 1.165) is 10.9 Å². The third-order valence-electron chi connectivity index (χ3n) is 2.58. The zero-order chi connectivity index (χ0) is 14.1. The highest BCUT2D eigenvalue weighted by molar-refractivity contribution is 7.99. The molecule has 0 aliphatic carbocycles. The van der Waals surface area contributed by atoms with Crippen LogP contribution in [0.4, 0.5) is 0 Å². The van der Waals surface area contributed by atoms with E-state index in [9.17, 15) is 4.79 Å². The Balaban J connectivity index is 2.12. The van der Waals surface area contributed by atoms with Gasteiger partial charge in [-0.25, -0.2) is 15.0 Å². The highest BCUT2D eigenvalue weighted by Gasteiger charge is 2.09. The molecule has 3 aromatic rings. The first-order chi connectivity index (χ1) is 9.61. The number of nitrogens with zero attached hydrogens (tertiary/aromatic N) is 3. The van der Waals surface area contributed by atoms with Gasteiger partial charge in [-0.15, -0.1) is 0 Å². The van der Waals surface area contributed by atoms with Gasteiger partial charge in [0.25, 0.3) is 5.56 Å². The predicted octanol–water partition coefficient (Wildman–Crippen LogP) is 2.83. The van der Waals surface area contributed by atoms with Crippen molar-refractivity contribution in [2.75, 3.05) is 0 Å². The van der Waals surface area contributed by atoms with E-state index in [1.54, 1.807) is 6.92 Å². The molecule has 0 fully saturated rings. The average Bonchev–Trinajstić information content (AvgIpc) is 2.37. The number of para-hydroxylation sites is 1. The smallest absolute Gasteiger partial charge is 0.251 e. The van der Waals surface area contributed by atoms with Crippen molar-refractivity contribution in [3.05, 3.63) is 51.7 Å². The van der Waals surface area contributed by atoms with Crippen molar-refractivity contribution in [2.45, 2.75) is 17.1 Å². The maximum Gasteiger partial charge on any atom is 0.251 e. The van der Waals surface area contributed by atoms with Gasteiger partial charge in [0.05, 0.1) is 5.52 Å². The zero-order valence-corrected chi connectivity index (χ0v) is 12.0. The summed E-state index contributed by atoms with van der Waals surface area (Å²) in [5.41, 5.74) is 1.22. The largest absolute Gasteiger partial charge is 0.301 e. The normalized spacial score (nSPS) is 10.9. The monoisotopic (exact) mass is 304 g/mol. The van der Waals surface area contributed by atoms with E-state index in [1.165, 1.54) is 17.8 Å². The topological polar surface area (TPSA) is 71.5 Å². The summed E-state index contributed by atoms with van der Waals surface area (Å²) in [5.74, 6) is 0. The van der Waals surface area contributed by atoms with Crippen LogP contribution >= 0.6 is 23.4 Å². The first kappa shape index (κ1) is 13.1. The molecule has 0 aliphatic heterocycles. The molecular formula is C13H9ClN4OS. The molecule has 3 rings (SSSR count). The molecule has 2 aromatic heterocycles. The minimum Gasteiger partial charge on any atom is -0.301 e. The van der Waals surface area contributed by atoms with Crippen LogP contribution in [-0.4, -0.2) is 19.9 Å². The van der Waals surface area contributed by atoms with Crippen LogP contribution in [0, 0.1) is 6.92 Å². The van der Waals surface area contributed by atoms with Gasteiger partial charge < -0.3 is 4.98 Å². The van der Waals surface area contributed by atoms with Gasteiger partial charge >= 0.3 is 0 Å². The lowest BCUT2D eigenvalue weighted by atomic mass is 10.2. The van der Waals surface area contributed by atoms with Crippen LogP contribution in [0.15, 0.2) is 45.3 Å². The Hall–Kier alpha value is -1.92. The minimum absolute atomic E-state index is 0.168. The van der Waals surface area contributed by atoms with Crippen LogP contribution in [0.2, 0.25) is 5.28 Å². The Morgan fingerprint density at radius 3 is 2.80 bits per heavy atom. The summed E-state index contributed by atoms with van der Waals surface area (Å²) in [6.45, 7) is 1.77. The summed E-state index contributed by atoms with van der Waals surface area (Å²) in [7, 11) is 0. The number of nitrogens with one attached hydrogen (secondary N) is 1. The molecule has 5 nitrogen and oxygen atoms in total. The predicted molar refractivity (Wildman–Crippen MR) is 78.3 cm³/mol. The van der Waals surface area contributed by atoms with E-state index in [1.807, 2.05) is 24.3 Å². The van der Waals surface area contributed by atoms with Crippen molar-refractivity contribution >= 4 is 34.3 Å². The first-order valence-corrected chi connectivity index (χ1v) is 6.99. The average molecular weight is 305 g/mol. The summed E-state index contributed by atoms with van der Waals surface area (Å²) >= 11 is 7.18. The summed E-state index contributed by atoms with van der Waals surface area (Å²) in [6, 6.07) is 8.99. The van der Waals surface area contributed by atoms with E-state index in [4.69, 9.17) is 11.6 Å². The highest BCUT2D eigenvalue weighted by atomic mass is 35.5. The van der Waals surface area contributed by atoms with Crippen molar-refractivity contribution < 1.29 is 0 Å². The van der Waals surface area contributed by atoms with Crippen molar-refractivity contribution in [1.82, 2.24) is 19.9 Å². The van der Waals surface area contributed by atoms with E-state index in [-0.39, 0.29) is 10.8 Å². The second kappa shape index (κ2) is 5.22. The molecule has 0 unspecified atom stereocenters. The number of aromatic nitrogens is 4. The van der Waals surface area contributed by atoms with Gasteiger partial charge in [0, 0.05) is 17.1 Å². The third-order valence-corrected chi connectivity index (χ3v) is 3.64. The standard InChI is InChI=1S/C13H9ClN4OS/c1-7-6-10(19)17-13(15-7)20-11-8-4-2-3-5-9(8)16-12(14)18-11/h2-6H,1H3,(H,15,17,19). The fourth-order valence-electron chi connectivity index (χ4n) is 1.79. The molecule has 0 radical (unpaired) electrons. The molecule has 0 saturated heterocycles. The maximum atomic E-state index is 11.5. The number of aryl methyl sites for hydroxylation is 1. The number of benzene rings is 1. The van der Waals surface area contributed by atoms with Gasteiger partial charge in [-0.3, -0.25) is 4.79 Å². The number of hydrogen-bond acceptors (Lipinski definition) is 5. The van der Waals surface area contributed by atoms with E-state index < -0.39 is 0 Å². The van der Waals surface area contributed by atoms with Crippen molar-refractivity contribution in [1.29, 1.82) is 0 Å². The summed E-state index contributed by atoms with van der Waals surface area (Å²) < 4.78 is 0. The van der Waals surface area contributed by atoms with Gasteiger partial charge in [-0.2, -0.15) is 0 Å². The number of fused-ring (bicyclic) bond motifs is 1. The third kappa shape index (κ3) is 2.66. The SMILES string of the molecule is Cc1cc(=O)[nH]c(Sc2nc(Cl)nc3ccccc23)n1. The van der Waals surface area contributed by atoms with Gasteiger partial charge in [-0.1, -0.05) is 18.2 Å². The van der Waals surface area contributed by atoms with E-state index in [2.05, 4.69) is 19.9 Å². The molecule has 7 heteroatoms. The van der Waals surface area contributed by atoms with Gasteiger partial charge in [0.2, 0.25) is 5.28 Å². The molecule has 0 amide bonds. The molecule has 20 heavy (non-hydrogen) atoms. The quantitative estimate of drug-likeness (QED) is 0.582. The van der Waals surface area contributed by atoms with Crippen LogP contribution in [0.3, 0.4) is 0 Å². The summed E-state index contributed by atoms with van der Waals surface area (Å²) in [5, 5.41) is 2.18. The lowest BCUT2D eigenvalue weighted by Crippen LogP contribution is -2.08. The fourth-order valence-corrected chi connectivity index (χ4v) is 2.95. The summed E-state index contributed by atoms with van der Waals surface area (Å²) in [4.78, 5) is 26.8. The Bertz CT molecular complexity index is 849. The second-order valence-corrected chi connectivity index (χ2v) is 5.42. The zero-order valence-electron chi connectivity index (χ0n) is 10.4. The Kier molecular flexibility index (Phi) is 3.42. The number of rotatable bonds is 2. The molecule has 0 atom stereocenters. The van der Waals surface area contributed by atoms with Crippen LogP contribution in [-0.2, 0) is 0 Å². The molecule has 0 saturated carbocycles. The van der Waals surface area contributed by atoms with Crippen LogP contribution in [0.1, 0.15) is 5.69 Å². The molecule has 0 aliphatic rings. The number of aromatic amines is 1. The lowest BCUT2D eigenvalue weighted by molar-refractivity contribution is 0.902. The van der Waals surface area contributed by atoms with Crippen molar-refractivity contribution in [2.24, 2.45) is 0 Å². The van der Waals surface area contributed by atoms with Crippen molar-refractivity contribution in [3.8, 4) is 0 Å². The molecule has 1 N–H and O–H groups in total. The fraction of sp³-hybridized carbons (Fsp3) is 0.0769. The lowest BCUT2D eigenvalue weighted by Gasteiger charge is -2.05. The highest BCUT2D eigenvalue weighted by Crippen LogP contribution is 2.29. The van der Waals surface area contributed by atoms with Crippen LogP contribution in [0.5, 0.6) is 0 Å². The minimum atomic E-state index is -0.190. The van der Waals surface area contributed by atoms with Gasteiger partial charge in [-0.05, 0) is 36.4 Å². The van der Waals surface area contributed by atoms with E-state index >= 15 is 0 Å². The molecule has 1 aromatic carbocycles. The van der Waals surface area contributed by atoms with Crippen LogP contribution < -0.4 is 5.56 Å². The Morgan fingerprint density at radius 2 is 2.00 bits per heavy atom. The van der Waals surface area contributed by atoms with Crippen molar-refractivity contribution in [3.63, 3.8) is 0 Å². The Labute approximate surface area is 123 Å². The molecular weight excluding hydrogens is 296 g/mol. The molecule has 0 bridgehead atoms. The molecule has 0 spiro atoms. The number of H-pyrrole nitrogens is 1. The van der Waals surface area contributed by atoms with Crippen LogP contribution in [0.25, 0.3) is 10.9 Å². The molecule has 2 heterocycles. The van der Waals surface area contributed by atoms with Gasteiger partial charge in [0.15, 0.2) is 5.16 Å². The first-order valence-electron chi connectivity index (χ1n) is 5.80. The second-order valence-electron chi connectivity index (χ2n) is 4.11. The number of hydrogen-bond donors (Lipinski definition) is 1. The maximum absolute atomic E-state index is 11.5. The number of halogens is 1.